The molecule has 1 aromatic rings. The van der Waals surface area contributed by atoms with Crippen molar-refractivity contribution in [2.24, 2.45) is 0 Å². The largest absolute Gasteiger partial charge is 0.481 e. The molecule has 0 amide bonds. The van der Waals surface area contributed by atoms with E-state index in [9.17, 15) is 0 Å². The molecule has 2 heterocycles. The van der Waals surface area contributed by atoms with Crippen molar-refractivity contribution in [3.63, 3.8) is 0 Å². The van der Waals surface area contributed by atoms with Crippen LogP contribution in [-0.2, 0) is 4.74 Å². The van der Waals surface area contributed by atoms with Crippen LogP contribution in [0.5, 0.6) is 5.75 Å². The highest BCUT2D eigenvalue weighted by atomic mass is 35.5. The van der Waals surface area contributed by atoms with Gasteiger partial charge in [0.05, 0.1) is 18.2 Å². The number of nitrogens with one attached hydrogen (secondary N) is 1. The molecule has 134 valence electrons. The fourth-order valence-corrected chi connectivity index (χ4v) is 3.80. The number of likely N-dealkylation sites (tertiary alicyclic amines) is 1. The molecule has 2 fully saturated rings. The molecule has 4 nitrogen and oxygen atoms in total. The zero-order valence-electron chi connectivity index (χ0n) is 15.0. The lowest BCUT2D eigenvalue weighted by atomic mass is 9.92. The van der Waals surface area contributed by atoms with E-state index in [0.29, 0.717) is 30.2 Å². The first-order valence-corrected chi connectivity index (χ1v) is 9.34. The van der Waals surface area contributed by atoms with E-state index >= 15 is 0 Å². The van der Waals surface area contributed by atoms with Gasteiger partial charge in [0.25, 0.3) is 0 Å². The Morgan fingerprint density at radius 2 is 2.04 bits per heavy atom. The average Bonchev–Trinajstić information content (AvgIpc) is 3.05. The van der Waals surface area contributed by atoms with Gasteiger partial charge in [-0.15, -0.1) is 0 Å². The normalized spacial score (nSPS) is 22.8. The van der Waals surface area contributed by atoms with Crippen molar-refractivity contribution in [1.82, 2.24) is 10.2 Å². The number of hydrogen-bond acceptors (Lipinski definition) is 4. The Kier molecular flexibility index (Phi) is 5.70. The van der Waals surface area contributed by atoms with Gasteiger partial charge in [0.15, 0.2) is 5.60 Å². The van der Waals surface area contributed by atoms with Crippen molar-refractivity contribution in [3.8, 4) is 5.75 Å². The molecule has 0 radical (unpaired) electrons. The molecule has 0 bridgehead atoms. The number of rotatable bonds is 7. The first-order valence-electron chi connectivity index (χ1n) is 8.96. The van der Waals surface area contributed by atoms with E-state index in [0.717, 1.165) is 12.3 Å². The minimum absolute atomic E-state index is 0.236. The summed E-state index contributed by atoms with van der Waals surface area (Å²) in [4.78, 5) is 2.55. The second-order valence-electron chi connectivity index (χ2n) is 7.43. The van der Waals surface area contributed by atoms with Crippen LogP contribution >= 0.6 is 11.6 Å². The van der Waals surface area contributed by atoms with Crippen molar-refractivity contribution in [2.75, 3.05) is 39.9 Å². The summed E-state index contributed by atoms with van der Waals surface area (Å²) in [5.41, 5.74) is 1.01. The van der Waals surface area contributed by atoms with E-state index in [-0.39, 0.29) is 5.60 Å². The number of likely N-dealkylation sites (N-methyl/N-ethyl adjacent to an activating group) is 1. The van der Waals surface area contributed by atoms with E-state index in [1.807, 2.05) is 13.1 Å². The fraction of sp³-hybridized carbons (Fsp3) is 0.684. The van der Waals surface area contributed by atoms with Crippen LogP contribution in [0.15, 0.2) is 18.2 Å². The third-order valence-corrected chi connectivity index (χ3v) is 5.58. The predicted octanol–water partition coefficient (Wildman–Crippen LogP) is 3.30. The van der Waals surface area contributed by atoms with E-state index in [2.05, 4.69) is 36.2 Å². The summed E-state index contributed by atoms with van der Waals surface area (Å²) in [6.07, 6.45) is 2.65. The van der Waals surface area contributed by atoms with Crippen LogP contribution in [0, 0.1) is 0 Å². The number of hydrogen-bond donors (Lipinski definition) is 1. The molecule has 24 heavy (non-hydrogen) atoms. The van der Waals surface area contributed by atoms with Gasteiger partial charge in [0.1, 0.15) is 5.75 Å². The summed E-state index contributed by atoms with van der Waals surface area (Å²) in [5, 5.41) is 4.17. The summed E-state index contributed by atoms with van der Waals surface area (Å²) in [6, 6.07) is 6.62. The number of nitrogens with zero attached hydrogens (tertiary/aromatic N) is 1. The lowest BCUT2D eigenvalue weighted by molar-refractivity contribution is -0.149. The molecule has 0 aromatic heterocycles. The van der Waals surface area contributed by atoms with Gasteiger partial charge >= 0.3 is 0 Å². The minimum atomic E-state index is -0.236. The second-order valence-corrected chi connectivity index (χ2v) is 7.83. The number of halogens is 1. The summed E-state index contributed by atoms with van der Waals surface area (Å²) >= 11 is 6.48. The van der Waals surface area contributed by atoms with E-state index in [4.69, 9.17) is 21.1 Å². The topological polar surface area (TPSA) is 33.7 Å². The third-order valence-electron chi connectivity index (χ3n) is 5.28. The number of benzene rings is 1. The molecule has 0 aliphatic carbocycles. The summed E-state index contributed by atoms with van der Waals surface area (Å²) in [5.74, 6) is 1.14. The molecular weight excluding hydrogens is 324 g/mol. The monoisotopic (exact) mass is 352 g/mol. The van der Waals surface area contributed by atoms with Gasteiger partial charge in [-0.1, -0.05) is 24.6 Å². The van der Waals surface area contributed by atoms with Crippen molar-refractivity contribution in [2.45, 2.75) is 44.2 Å². The molecule has 2 saturated heterocycles. The molecule has 5 heteroatoms. The second kappa shape index (κ2) is 7.61. The maximum Gasteiger partial charge on any atom is 0.153 e. The van der Waals surface area contributed by atoms with E-state index < -0.39 is 0 Å². The first-order chi connectivity index (χ1) is 11.5. The van der Waals surface area contributed by atoms with Crippen LogP contribution < -0.4 is 10.1 Å². The first kappa shape index (κ1) is 18.0. The van der Waals surface area contributed by atoms with Crippen molar-refractivity contribution in [1.29, 1.82) is 0 Å². The Morgan fingerprint density at radius 3 is 2.58 bits per heavy atom. The SMILES string of the molecule is CNC(CN1CCCC1)C(C)c1ccc(OC2(C)COC2)c(Cl)c1. The molecule has 0 spiro atoms. The van der Waals surface area contributed by atoms with Gasteiger partial charge in [-0.2, -0.15) is 0 Å². The highest BCUT2D eigenvalue weighted by Gasteiger charge is 2.36. The summed E-state index contributed by atoms with van der Waals surface area (Å²) < 4.78 is 11.3. The lowest BCUT2D eigenvalue weighted by Crippen LogP contribution is -2.51. The molecule has 2 aliphatic rings. The van der Waals surface area contributed by atoms with Crippen LogP contribution in [-0.4, -0.2) is 56.4 Å². The fourth-order valence-electron chi connectivity index (χ4n) is 3.57. The predicted molar refractivity (Wildman–Crippen MR) is 98.2 cm³/mol. The van der Waals surface area contributed by atoms with Gasteiger partial charge in [0, 0.05) is 12.6 Å². The van der Waals surface area contributed by atoms with Crippen molar-refractivity contribution in [3.05, 3.63) is 28.8 Å². The van der Waals surface area contributed by atoms with Gasteiger partial charge in [0.2, 0.25) is 0 Å². The quantitative estimate of drug-likeness (QED) is 0.816. The number of ether oxygens (including phenoxy) is 2. The molecule has 1 aromatic carbocycles. The molecule has 0 saturated carbocycles. The maximum absolute atomic E-state index is 6.48. The zero-order valence-corrected chi connectivity index (χ0v) is 15.7. The van der Waals surface area contributed by atoms with Gasteiger partial charge < -0.3 is 19.7 Å². The van der Waals surface area contributed by atoms with Crippen LogP contribution in [0.3, 0.4) is 0 Å². The van der Waals surface area contributed by atoms with Crippen LogP contribution in [0.2, 0.25) is 5.02 Å². The Bertz CT molecular complexity index is 556. The van der Waals surface area contributed by atoms with E-state index in [1.54, 1.807) is 0 Å². The smallest absolute Gasteiger partial charge is 0.153 e. The van der Waals surface area contributed by atoms with Gasteiger partial charge in [-0.3, -0.25) is 0 Å². The highest BCUT2D eigenvalue weighted by Crippen LogP contribution is 2.34. The maximum atomic E-state index is 6.48. The highest BCUT2D eigenvalue weighted by molar-refractivity contribution is 6.32. The third kappa shape index (κ3) is 4.05. The van der Waals surface area contributed by atoms with Gasteiger partial charge in [-0.25, -0.2) is 0 Å². The molecule has 2 unspecified atom stereocenters. The van der Waals surface area contributed by atoms with Crippen LogP contribution in [0.25, 0.3) is 0 Å². The molecular formula is C19H29ClN2O2. The molecule has 2 aliphatic heterocycles. The molecule has 1 N–H and O–H groups in total. The zero-order chi connectivity index (χ0) is 17.2. The Labute approximate surface area is 150 Å². The lowest BCUT2D eigenvalue weighted by Gasteiger charge is -2.38. The van der Waals surface area contributed by atoms with Gasteiger partial charge in [-0.05, 0) is 63.5 Å². The molecule has 2 atom stereocenters. The van der Waals surface area contributed by atoms with Crippen molar-refractivity contribution >= 4 is 11.6 Å². The van der Waals surface area contributed by atoms with Crippen LogP contribution in [0.4, 0.5) is 0 Å². The molecule has 3 rings (SSSR count). The van der Waals surface area contributed by atoms with Crippen LogP contribution in [0.1, 0.15) is 38.2 Å². The Morgan fingerprint density at radius 1 is 1.33 bits per heavy atom. The Balaban J connectivity index is 1.67. The average molecular weight is 353 g/mol. The minimum Gasteiger partial charge on any atom is -0.481 e. The standard InChI is InChI=1S/C19H29ClN2O2/c1-14(17(21-3)11-22-8-4-5-9-22)15-6-7-18(16(20)10-15)24-19(2)12-23-13-19/h6-7,10,14,17,21H,4-5,8-9,11-13H2,1-3H3. The summed E-state index contributed by atoms with van der Waals surface area (Å²) in [6.45, 7) is 9.10. The summed E-state index contributed by atoms with van der Waals surface area (Å²) in [7, 11) is 2.05. The van der Waals surface area contributed by atoms with E-state index in [1.165, 1.54) is 31.5 Å². The Hall–Kier alpha value is -0.810. The van der Waals surface area contributed by atoms with Crippen molar-refractivity contribution < 1.29 is 9.47 Å².